The molecular formula is C19H19N3O4. The van der Waals surface area contributed by atoms with Gasteiger partial charge in [-0.2, -0.15) is 5.26 Å². The first-order valence-electron chi connectivity index (χ1n) is 8.21. The van der Waals surface area contributed by atoms with Gasteiger partial charge in [0.05, 0.1) is 18.2 Å². The second kappa shape index (κ2) is 8.62. The van der Waals surface area contributed by atoms with Crippen LogP contribution in [-0.4, -0.2) is 28.9 Å². The Kier molecular flexibility index (Phi) is 6.28. The van der Waals surface area contributed by atoms with Crippen molar-refractivity contribution in [2.75, 3.05) is 12.0 Å². The van der Waals surface area contributed by atoms with Crippen LogP contribution >= 0.6 is 0 Å². The molecule has 0 saturated carbocycles. The molecule has 0 saturated heterocycles. The number of hydrogen-bond acceptors (Lipinski definition) is 5. The highest BCUT2D eigenvalue weighted by molar-refractivity contribution is 6.08. The number of amides is 1. The number of nitrogens with one attached hydrogen (secondary N) is 1. The third-order valence-corrected chi connectivity index (χ3v) is 3.68. The lowest BCUT2D eigenvalue weighted by Gasteiger charge is -2.13. The topological polar surface area (TPSA) is 101 Å². The van der Waals surface area contributed by atoms with E-state index in [4.69, 9.17) is 10.00 Å². The predicted molar refractivity (Wildman–Crippen MR) is 94.0 cm³/mol. The SMILES string of the molecule is CCOC(=O)CC(=O)Nn1c(CC)ccc1C(=O)c1ccc(C#N)cc1. The Morgan fingerprint density at radius 1 is 1.12 bits per heavy atom. The number of carbonyl (C=O) groups is 3. The number of esters is 1. The molecule has 0 radical (unpaired) electrons. The number of ether oxygens (including phenoxy) is 1. The lowest BCUT2D eigenvalue weighted by Crippen LogP contribution is -2.29. The average Bonchev–Trinajstić information content (AvgIpc) is 3.03. The fourth-order valence-electron chi connectivity index (χ4n) is 2.42. The molecule has 134 valence electrons. The summed E-state index contributed by atoms with van der Waals surface area (Å²) in [7, 11) is 0. The molecule has 7 heteroatoms. The molecule has 0 bridgehead atoms. The first-order valence-corrected chi connectivity index (χ1v) is 8.21. The molecule has 0 atom stereocenters. The molecule has 0 aliphatic heterocycles. The molecule has 7 nitrogen and oxygen atoms in total. The molecule has 1 aromatic heterocycles. The van der Waals surface area contributed by atoms with Crippen molar-refractivity contribution in [3.63, 3.8) is 0 Å². The number of benzene rings is 1. The first-order chi connectivity index (χ1) is 12.5. The van der Waals surface area contributed by atoms with Crippen LogP contribution in [0.15, 0.2) is 36.4 Å². The second-order valence-electron chi connectivity index (χ2n) is 5.43. The zero-order valence-electron chi connectivity index (χ0n) is 14.6. The van der Waals surface area contributed by atoms with E-state index in [1.54, 1.807) is 43.3 Å². The number of aromatic nitrogens is 1. The molecular weight excluding hydrogens is 334 g/mol. The van der Waals surface area contributed by atoms with Gasteiger partial charge in [0.2, 0.25) is 11.7 Å². The van der Waals surface area contributed by atoms with Crippen LogP contribution in [0.5, 0.6) is 0 Å². The summed E-state index contributed by atoms with van der Waals surface area (Å²) in [5.41, 5.74) is 4.41. The van der Waals surface area contributed by atoms with Gasteiger partial charge >= 0.3 is 5.97 Å². The molecule has 0 fully saturated rings. The normalized spacial score (nSPS) is 10.0. The molecule has 0 spiro atoms. The Bertz CT molecular complexity index is 860. The lowest BCUT2D eigenvalue weighted by atomic mass is 10.1. The zero-order valence-corrected chi connectivity index (χ0v) is 14.6. The molecule has 0 aliphatic carbocycles. The number of carbonyl (C=O) groups excluding carboxylic acids is 3. The Morgan fingerprint density at radius 2 is 1.81 bits per heavy atom. The van der Waals surface area contributed by atoms with E-state index in [0.29, 0.717) is 17.5 Å². The minimum atomic E-state index is -0.629. The number of ketones is 1. The van der Waals surface area contributed by atoms with Crippen LogP contribution in [-0.2, 0) is 20.7 Å². The molecule has 0 aliphatic rings. The molecule has 2 aromatic rings. The summed E-state index contributed by atoms with van der Waals surface area (Å²) in [6.07, 6.45) is 0.153. The van der Waals surface area contributed by atoms with Crippen molar-refractivity contribution >= 4 is 17.7 Å². The third-order valence-electron chi connectivity index (χ3n) is 3.68. The summed E-state index contributed by atoms with van der Waals surface area (Å²) >= 11 is 0. The Hall–Kier alpha value is -3.40. The summed E-state index contributed by atoms with van der Waals surface area (Å²) in [5, 5.41) is 8.85. The predicted octanol–water partition coefficient (Wildman–Crippen LogP) is 2.18. The smallest absolute Gasteiger partial charge is 0.315 e. The molecule has 26 heavy (non-hydrogen) atoms. The quantitative estimate of drug-likeness (QED) is 0.467. The zero-order chi connectivity index (χ0) is 19.1. The summed E-state index contributed by atoms with van der Waals surface area (Å²) < 4.78 is 6.15. The number of rotatable bonds is 7. The minimum Gasteiger partial charge on any atom is -0.466 e. The average molecular weight is 353 g/mol. The summed E-state index contributed by atoms with van der Waals surface area (Å²) in [6, 6.07) is 11.6. The van der Waals surface area contributed by atoms with Gasteiger partial charge in [0.25, 0.3) is 0 Å². The van der Waals surface area contributed by atoms with Crippen LogP contribution in [0.3, 0.4) is 0 Å². The molecule has 1 amide bonds. The van der Waals surface area contributed by atoms with Crippen molar-refractivity contribution in [1.29, 1.82) is 5.26 Å². The highest BCUT2D eigenvalue weighted by Gasteiger charge is 2.19. The summed E-state index contributed by atoms with van der Waals surface area (Å²) in [5.74, 6) is -1.50. The van der Waals surface area contributed by atoms with Gasteiger partial charge < -0.3 is 4.74 Å². The van der Waals surface area contributed by atoms with Gasteiger partial charge in [0.1, 0.15) is 12.1 Å². The van der Waals surface area contributed by atoms with E-state index in [1.807, 2.05) is 13.0 Å². The lowest BCUT2D eigenvalue weighted by molar-refractivity contribution is -0.145. The van der Waals surface area contributed by atoms with Crippen molar-refractivity contribution in [1.82, 2.24) is 4.68 Å². The minimum absolute atomic E-state index is 0.193. The van der Waals surface area contributed by atoms with Crippen molar-refractivity contribution in [2.24, 2.45) is 0 Å². The van der Waals surface area contributed by atoms with Gasteiger partial charge in [-0.1, -0.05) is 6.92 Å². The number of nitriles is 1. The summed E-state index contributed by atoms with van der Waals surface area (Å²) in [4.78, 5) is 36.3. The van der Waals surface area contributed by atoms with E-state index in [9.17, 15) is 14.4 Å². The van der Waals surface area contributed by atoms with Crippen LogP contribution in [0.2, 0.25) is 0 Å². The molecule has 1 N–H and O–H groups in total. The van der Waals surface area contributed by atoms with Crippen molar-refractivity contribution in [2.45, 2.75) is 26.7 Å². The number of hydrogen-bond donors (Lipinski definition) is 1. The van der Waals surface area contributed by atoms with Gasteiger partial charge in [-0.05, 0) is 49.7 Å². The van der Waals surface area contributed by atoms with Gasteiger partial charge in [-0.25, -0.2) is 0 Å². The van der Waals surface area contributed by atoms with E-state index in [0.717, 1.165) is 5.69 Å². The van der Waals surface area contributed by atoms with Gasteiger partial charge in [0.15, 0.2) is 0 Å². The molecule has 1 heterocycles. The maximum absolute atomic E-state index is 12.8. The first kappa shape index (κ1) is 18.9. The monoisotopic (exact) mass is 353 g/mol. The molecule has 1 aromatic carbocycles. The van der Waals surface area contributed by atoms with Crippen LogP contribution < -0.4 is 5.43 Å². The van der Waals surface area contributed by atoms with E-state index in [-0.39, 0.29) is 18.1 Å². The Balaban J connectivity index is 2.25. The van der Waals surface area contributed by atoms with Crippen LogP contribution in [0, 0.1) is 11.3 Å². The van der Waals surface area contributed by atoms with Crippen molar-refractivity contribution < 1.29 is 19.1 Å². The highest BCUT2D eigenvalue weighted by Crippen LogP contribution is 2.15. The largest absolute Gasteiger partial charge is 0.466 e. The maximum Gasteiger partial charge on any atom is 0.315 e. The van der Waals surface area contributed by atoms with E-state index in [1.165, 1.54) is 4.68 Å². The fourth-order valence-corrected chi connectivity index (χ4v) is 2.42. The summed E-state index contributed by atoms with van der Waals surface area (Å²) in [6.45, 7) is 3.74. The van der Waals surface area contributed by atoms with E-state index < -0.39 is 18.3 Å². The standard InChI is InChI=1S/C19H19N3O4/c1-3-15-9-10-16(19(25)14-7-5-13(12-20)6-8-14)22(15)21-17(23)11-18(24)26-4-2/h5-10H,3-4,11H2,1-2H3,(H,21,23). The van der Waals surface area contributed by atoms with Crippen LogP contribution in [0.4, 0.5) is 0 Å². The van der Waals surface area contributed by atoms with Gasteiger partial charge in [0, 0.05) is 11.3 Å². The van der Waals surface area contributed by atoms with Crippen molar-refractivity contribution in [3.8, 4) is 6.07 Å². The third kappa shape index (κ3) is 4.36. The fraction of sp³-hybridized carbons (Fsp3) is 0.263. The van der Waals surface area contributed by atoms with Crippen LogP contribution in [0.1, 0.15) is 47.6 Å². The van der Waals surface area contributed by atoms with Gasteiger partial charge in [-0.3, -0.25) is 24.5 Å². The van der Waals surface area contributed by atoms with Gasteiger partial charge in [-0.15, -0.1) is 0 Å². The van der Waals surface area contributed by atoms with E-state index in [2.05, 4.69) is 5.43 Å². The van der Waals surface area contributed by atoms with E-state index >= 15 is 0 Å². The Labute approximate surface area is 151 Å². The van der Waals surface area contributed by atoms with Crippen molar-refractivity contribution in [3.05, 3.63) is 58.9 Å². The molecule has 0 unspecified atom stereocenters. The van der Waals surface area contributed by atoms with Crippen LogP contribution in [0.25, 0.3) is 0 Å². The highest BCUT2D eigenvalue weighted by atomic mass is 16.5. The number of aryl methyl sites for hydroxylation is 1. The molecule has 2 rings (SSSR count). The maximum atomic E-state index is 12.8. The Morgan fingerprint density at radius 3 is 2.38 bits per heavy atom. The number of nitrogens with zero attached hydrogens (tertiary/aromatic N) is 2. The second-order valence-corrected chi connectivity index (χ2v) is 5.43.